The summed E-state index contributed by atoms with van der Waals surface area (Å²) in [6, 6.07) is 9.65. The highest BCUT2D eigenvalue weighted by atomic mass is 16.5. The molecular formula is C14H18N4O. The van der Waals surface area contributed by atoms with Crippen LogP contribution in [0.5, 0.6) is 5.88 Å². The van der Waals surface area contributed by atoms with Gasteiger partial charge in [-0.2, -0.15) is 0 Å². The van der Waals surface area contributed by atoms with Crippen LogP contribution in [0.15, 0.2) is 36.7 Å². The van der Waals surface area contributed by atoms with Gasteiger partial charge < -0.3 is 15.4 Å². The summed E-state index contributed by atoms with van der Waals surface area (Å²) >= 11 is 0. The van der Waals surface area contributed by atoms with E-state index in [1.807, 2.05) is 49.2 Å². The first-order valence-corrected chi connectivity index (χ1v) is 6.19. The molecule has 0 fully saturated rings. The molecule has 0 aliphatic carbocycles. The van der Waals surface area contributed by atoms with Crippen molar-refractivity contribution in [2.45, 2.75) is 13.5 Å². The number of rotatable bonds is 5. The van der Waals surface area contributed by atoms with Gasteiger partial charge >= 0.3 is 0 Å². The van der Waals surface area contributed by atoms with E-state index >= 15 is 0 Å². The molecule has 100 valence electrons. The first kappa shape index (κ1) is 13.1. The van der Waals surface area contributed by atoms with Crippen molar-refractivity contribution >= 4 is 11.5 Å². The predicted octanol–water partition coefficient (Wildman–Crippen LogP) is 2.09. The van der Waals surface area contributed by atoms with Gasteiger partial charge in [-0.15, -0.1) is 0 Å². The third kappa shape index (κ3) is 3.58. The van der Waals surface area contributed by atoms with Gasteiger partial charge in [-0.05, 0) is 24.6 Å². The Morgan fingerprint density at radius 3 is 2.84 bits per heavy atom. The Kier molecular flexibility index (Phi) is 4.18. The zero-order valence-corrected chi connectivity index (χ0v) is 11.2. The molecule has 2 N–H and O–H groups in total. The number of benzene rings is 1. The van der Waals surface area contributed by atoms with E-state index in [0.29, 0.717) is 12.5 Å². The quantitative estimate of drug-likeness (QED) is 0.832. The van der Waals surface area contributed by atoms with Crippen LogP contribution in [0.4, 0.5) is 11.5 Å². The van der Waals surface area contributed by atoms with Crippen LogP contribution in [0.3, 0.4) is 0 Å². The molecule has 1 aromatic heterocycles. The van der Waals surface area contributed by atoms with Gasteiger partial charge in [0.1, 0.15) is 12.1 Å². The van der Waals surface area contributed by atoms with Crippen LogP contribution in [-0.2, 0) is 6.54 Å². The Morgan fingerprint density at radius 1 is 1.26 bits per heavy atom. The smallest absolute Gasteiger partial charge is 0.218 e. The zero-order chi connectivity index (χ0) is 13.7. The van der Waals surface area contributed by atoms with Crippen LogP contribution in [-0.4, -0.2) is 23.6 Å². The van der Waals surface area contributed by atoms with Crippen molar-refractivity contribution in [1.82, 2.24) is 9.97 Å². The molecule has 0 radical (unpaired) electrons. The summed E-state index contributed by atoms with van der Waals surface area (Å²) in [6.45, 7) is 3.25. The Labute approximate surface area is 113 Å². The number of nitrogens with zero attached hydrogens (tertiary/aromatic N) is 3. The van der Waals surface area contributed by atoms with Gasteiger partial charge in [0.2, 0.25) is 5.88 Å². The molecular weight excluding hydrogens is 240 g/mol. The van der Waals surface area contributed by atoms with Crippen molar-refractivity contribution in [3.05, 3.63) is 42.2 Å². The molecule has 1 aromatic carbocycles. The van der Waals surface area contributed by atoms with Crippen LogP contribution in [0.25, 0.3) is 0 Å². The van der Waals surface area contributed by atoms with Gasteiger partial charge in [0.15, 0.2) is 0 Å². The number of ether oxygens (including phenoxy) is 1. The van der Waals surface area contributed by atoms with Crippen LogP contribution in [0.2, 0.25) is 0 Å². The van der Waals surface area contributed by atoms with Crippen molar-refractivity contribution in [3.8, 4) is 5.88 Å². The average molecular weight is 258 g/mol. The summed E-state index contributed by atoms with van der Waals surface area (Å²) in [5.74, 6) is 1.41. The molecule has 2 aromatic rings. The summed E-state index contributed by atoms with van der Waals surface area (Å²) in [5.41, 5.74) is 7.68. The molecule has 0 saturated heterocycles. The minimum absolute atomic E-state index is 0.590. The van der Waals surface area contributed by atoms with Gasteiger partial charge in [0.05, 0.1) is 6.61 Å². The summed E-state index contributed by atoms with van der Waals surface area (Å²) < 4.78 is 5.37. The van der Waals surface area contributed by atoms with Crippen LogP contribution < -0.4 is 15.4 Å². The maximum atomic E-state index is 5.77. The topological polar surface area (TPSA) is 64.3 Å². The highest BCUT2D eigenvalue weighted by Gasteiger charge is 2.06. The minimum atomic E-state index is 0.590. The summed E-state index contributed by atoms with van der Waals surface area (Å²) in [4.78, 5) is 10.3. The Balaban J connectivity index is 2.11. The van der Waals surface area contributed by atoms with Crippen molar-refractivity contribution < 1.29 is 4.74 Å². The van der Waals surface area contributed by atoms with Gasteiger partial charge in [0.25, 0.3) is 0 Å². The van der Waals surface area contributed by atoms with E-state index in [9.17, 15) is 0 Å². The highest BCUT2D eigenvalue weighted by molar-refractivity contribution is 5.44. The predicted molar refractivity (Wildman–Crippen MR) is 76.2 cm³/mol. The van der Waals surface area contributed by atoms with Crippen LogP contribution in [0.1, 0.15) is 12.5 Å². The number of anilines is 2. The number of hydrogen-bond donors (Lipinski definition) is 1. The lowest BCUT2D eigenvalue weighted by atomic mass is 10.2. The Morgan fingerprint density at radius 2 is 2.11 bits per heavy atom. The monoisotopic (exact) mass is 258 g/mol. The molecule has 0 aliphatic heterocycles. The second-order valence-corrected chi connectivity index (χ2v) is 4.25. The fourth-order valence-corrected chi connectivity index (χ4v) is 1.81. The first-order valence-electron chi connectivity index (χ1n) is 6.19. The summed E-state index contributed by atoms with van der Waals surface area (Å²) in [7, 11) is 1.97. The van der Waals surface area contributed by atoms with Crippen molar-refractivity contribution in [2.24, 2.45) is 0 Å². The maximum Gasteiger partial charge on any atom is 0.218 e. The molecule has 2 rings (SSSR count). The lowest BCUT2D eigenvalue weighted by Gasteiger charge is -2.18. The van der Waals surface area contributed by atoms with Crippen molar-refractivity contribution in [1.29, 1.82) is 0 Å². The second kappa shape index (κ2) is 6.04. The lowest BCUT2D eigenvalue weighted by Crippen LogP contribution is -2.18. The van der Waals surface area contributed by atoms with E-state index < -0.39 is 0 Å². The minimum Gasteiger partial charge on any atom is -0.478 e. The molecule has 19 heavy (non-hydrogen) atoms. The zero-order valence-electron chi connectivity index (χ0n) is 11.2. The third-order valence-electron chi connectivity index (χ3n) is 2.68. The van der Waals surface area contributed by atoms with Gasteiger partial charge in [0, 0.05) is 25.3 Å². The Hall–Kier alpha value is -2.30. The summed E-state index contributed by atoms with van der Waals surface area (Å²) in [6.07, 6.45) is 1.51. The van der Waals surface area contributed by atoms with Crippen LogP contribution in [0, 0.1) is 0 Å². The fraction of sp³-hybridized carbons (Fsp3) is 0.286. The van der Waals surface area contributed by atoms with Crippen LogP contribution >= 0.6 is 0 Å². The Bertz CT molecular complexity index is 544. The maximum absolute atomic E-state index is 5.77. The standard InChI is InChI=1S/C14H18N4O/c1-3-19-14-8-13(16-10-17-14)18(2)9-11-5-4-6-12(15)7-11/h4-8,10H,3,9,15H2,1-2H3. The molecule has 0 spiro atoms. The fourth-order valence-electron chi connectivity index (χ4n) is 1.81. The molecule has 0 aliphatic rings. The lowest BCUT2D eigenvalue weighted by molar-refractivity contribution is 0.326. The molecule has 0 bridgehead atoms. The average Bonchev–Trinajstić information content (AvgIpc) is 2.39. The first-order chi connectivity index (χ1) is 9.19. The largest absolute Gasteiger partial charge is 0.478 e. The number of nitrogen functional groups attached to an aromatic ring is 1. The number of hydrogen-bond acceptors (Lipinski definition) is 5. The number of nitrogens with two attached hydrogens (primary N) is 1. The molecule has 0 atom stereocenters. The third-order valence-corrected chi connectivity index (χ3v) is 2.68. The van der Waals surface area contributed by atoms with E-state index in [1.54, 1.807) is 0 Å². The molecule has 5 heteroatoms. The van der Waals surface area contributed by atoms with Crippen molar-refractivity contribution in [2.75, 3.05) is 24.3 Å². The second-order valence-electron chi connectivity index (χ2n) is 4.25. The molecule has 0 saturated carbocycles. The van der Waals surface area contributed by atoms with Gasteiger partial charge in [-0.3, -0.25) is 0 Å². The summed E-state index contributed by atoms with van der Waals surface area (Å²) in [5, 5.41) is 0. The van der Waals surface area contributed by atoms with E-state index in [2.05, 4.69) is 9.97 Å². The van der Waals surface area contributed by atoms with E-state index in [-0.39, 0.29) is 0 Å². The van der Waals surface area contributed by atoms with Gasteiger partial charge in [-0.25, -0.2) is 9.97 Å². The normalized spacial score (nSPS) is 10.2. The van der Waals surface area contributed by atoms with E-state index in [4.69, 9.17) is 10.5 Å². The van der Waals surface area contributed by atoms with E-state index in [1.165, 1.54) is 6.33 Å². The SMILES string of the molecule is CCOc1cc(N(C)Cc2cccc(N)c2)ncn1. The highest BCUT2D eigenvalue weighted by Crippen LogP contribution is 2.17. The molecule has 0 amide bonds. The van der Waals surface area contributed by atoms with Crippen molar-refractivity contribution in [3.63, 3.8) is 0 Å². The van der Waals surface area contributed by atoms with E-state index in [0.717, 1.165) is 23.6 Å². The molecule has 1 heterocycles. The molecule has 0 unspecified atom stereocenters. The molecule has 5 nitrogen and oxygen atoms in total. The van der Waals surface area contributed by atoms with Gasteiger partial charge in [-0.1, -0.05) is 12.1 Å². The number of aromatic nitrogens is 2.